The van der Waals surface area contributed by atoms with E-state index in [0.29, 0.717) is 22.3 Å². The van der Waals surface area contributed by atoms with Gasteiger partial charge in [-0.15, -0.1) is 0 Å². The fourth-order valence-corrected chi connectivity index (χ4v) is 3.49. The van der Waals surface area contributed by atoms with Crippen molar-refractivity contribution in [2.75, 3.05) is 36.7 Å². The van der Waals surface area contributed by atoms with Crippen molar-refractivity contribution in [3.8, 4) is 0 Å². The van der Waals surface area contributed by atoms with Gasteiger partial charge in [0, 0.05) is 30.9 Å². The maximum atomic E-state index is 12.2. The highest BCUT2D eigenvalue weighted by Crippen LogP contribution is 2.30. The molecule has 0 aliphatic carbocycles. The second-order valence-electron chi connectivity index (χ2n) is 6.33. The SMILES string of the molecule is CNS(=O)(=O)c1ccc(N(C)C)c(Nc2cc(Nc3ccc(Cl)cc3)ncn2)c1. The Hall–Kier alpha value is -2.88. The number of hydrogen-bond donors (Lipinski definition) is 3. The predicted molar refractivity (Wildman–Crippen MR) is 117 cm³/mol. The van der Waals surface area contributed by atoms with Crippen LogP contribution in [-0.4, -0.2) is 39.5 Å². The molecule has 1 heterocycles. The van der Waals surface area contributed by atoms with Crippen LogP contribution in [0, 0.1) is 0 Å². The molecule has 3 rings (SSSR count). The lowest BCUT2D eigenvalue weighted by Gasteiger charge is -2.19. The number of benzene rings is 2. The largest absolute Gasteiger partial charge is 0.376 e. The molecule has 0 saturated heterocycles. The van der Waals surface area contributed by atoms with E-state index in [0.717, 1.165) is 11.4 Å². The van der Waals surface area contributed by atoms with E-state index in [4.69, 9.17) is 11.6 Å². The minimum atomic E-state index is -3.57. The molecule has 2 aromatic carbocycles. The van der Waals surface area contributed by atoms with Crippen LogP contribution in [0.1, 0.15) is 0 Å². The number of anilines is 5. The molecule has 0 aliphatic heterocycles. The van der Waals surface area contributed by atoms with Crippen molar-refractivity contribution in [1.29, 1.82) is 0 Å². The van der Waals surface area contributed by atoms with E-state index in [2.05, 4.69) is 25.3 Å². The Bertz CT molecular complexity index is 1100. The standard InChI is InChI=1S/C19H21ClN6O2S/c1-21-29(27,28)15-8-9-17(26(2)3)16(10-15)25-19-11-18(22-12-23-19)24-14-6-4-13(20)5-7-14/h4-12,21H,1-3H3,(H2,22,23,24,25). The fourth-order valence-electron chi connectivity index (χ4n) is 2.60. The molecule has 0 saturated carbocycles. The average Bonchev–Trinajstić information content (AvgIpc) is 2.70. The zero-order valence-electron chi connectivity index (χ0n) is 16.1. The molecular formula is C19H21ClN6O2S. The molecule has 0 unspecified atom stereocenters. The maximum absolute atomic E-state index is 12.2. The summed E-state index contributed by atoms with van der Waals surface area (Å²) in [6.45, 7) is 0. The van der Waals surface area contributed by atoms with Gasteiger partial charge in [0.15, 0.2) is 0 Å². The lowest BCUT2D eigenvalue weighted by Crippen LogP contribution is -2.19. The van der Waals surface area contributed by atoms with Crippen molar-refractivity contribution in [3.63, 3.8) is 0 Å². The van der Waals surface area contributed by atoms with E-state index in [1.807, 2.05) is 31.1 Å². The second-order valence-corrected chi connectivity index (χ2v) is 8.65. The van der Waals surface area contributed by atoms with Gasteiger partial charge in [0.05, 0.1) is 16.3 Å². The zero-order valence-corrected chi connectivity index (χ0v) is 17.7. The van der Waals surface area contributed by atoms with Crippen LogP contribution in [0.5, 0.6) is 0 Å². The number of hydrogen-bond acceptors (Lipinski definition) is 7. The van der Waals surface area contributed by atoms with Crippen molar-refractivity contribution in [2.45, 2.75) is 4.90 Å². The molecule has 29 heavy (non-hydrogen) atoms. The molecule has 152 valence electrons. The van der Waals surface area contributed by atoms with Crippen LogP contribution in [0.3, 0.4) is 0 Å². The third kappa shape index (κ3) is 5.14. The summed E-state index contributed by atoms with van der Waals surface area (Å²) in [5.74, 6) is 1.09. The first-order valence-corrected chi connectivity index (χ1v) is 10.5. The third-order valence-corrected chi connectivity index (χ3v) is 5.74. The van der Waals surface area contributed by atoms with Gasteiger partial charge in [-0.3, -0.25) is 0 Å². The molecule has 0 radical (unpaired) electrons. The van der Waals surface area contributed by atoms with E-state index in [9.17, 15) is 8.42 Å². The van der Waals surface area contributed by atoms with Crippen molar-refractivity contribution >= 4 is 50.3 Å². The van der Waals surface area contributed by atoms with E-state index in [1.54, 1.807) is 36.4 Å². The van der Waals surface area contributed by atoms with Gasteiger partial charge in [-0.25, -0.2) is 23.1 Å². The normalized spacial score (nSPS) is 11.2. The smallest absolute Gasteiger partial charge is 0.240 e. The summed E-state index contributed by atoms with van der Waals surface area (Å²) in [7, 11) is 1.55. The number of aromatic nitrogens is 2. The van der Waals surface area contributed by atoms with Crippen LogP contribution in [0.2, 0.25) is 5.02 Å². The molecule has 0 bridgehead atoms. The average molecular weight is 433 g/mol. The van der Waals surface area contributed by atoms with Gasteiger partial charge in [-0.2, -0.15) is 0 Å². The first kappa shape index (κ1) is 20.8. The Kier molecular flexibility index (Phi) is 6.21. The van der Waals surface area contributed by atoms with Crippen molar-refractivity contribution < 1.29 is 8.42 Å². The van der Waals surface area contributed by atoms with E-state index >= 15 is 0 Å². The number of halogens is 1. The van der Waals surface area contributed by atoms with E-state index in [1.165, 1.54) is 13.4 Å². The monoisotopic (exact) mass is 432 g/mol. The van der Waals surface area contributed by atoms with Crippen LogP contribution in [0.4, 0.5) is 28.7 Å². The predicted octanol–water partition coefficient (Wildman–Crippen LogP) is 3.59. The summed E-state index contributed by atoms with van der Waals surface area (Å²) < 4.78 is 26.7. The first-order valence-electron chi connectivity index (χ1n) is 8.65. The maximum Gasteiger partial charge on any atom is 0.240 e. The Morgan fingerprint density at radius 3 is 2.21 bits per heavy atom. The van der Waals surface area contributed by atoms with Gasteiger partial charge in [-0.1, -0.05) is 11.6 Å². The summed E-state index contributed by atoms with van der Waals surface area (Å²) in [5, 5.41) is 7.00. The minimum Gasteiger partial charge on any atom is -0.376 e. The topological polar surface area (TPSA) is 99.2 Å². The Morgan fingerprint density at radius 1 is 0.931 bits per heavy atom. The van der Waals surface area contributed by atoms with Gasteiger partial charge in [0.25, 0.3) is 0 Å². The number of rotatable bonds is 7. The van der Waals surface area contributed by atoms with Crippen molar-refractivity contribution in [3.05, 3.63) is 59.9 Å². The van der Waals surface area contributed by atoms with Gasteiger partial charge in [0.1, 0.15) is 18.0 Å². The van der Waals surface area contributed by atoms with Gasteiger partial charge >= 0.3 is 0 Å². The zero-order chi connectivity index (χ0) is 21.0. The minimum absolute atomic E-state index is 0.154. The van der Waals surface area contributed by atoms with Crippen LogP contribution in [-0.2, 0) is 10.0 Å². The molecule has 0 fully saturated rings. The van der Waals surface area contributed by atoms with Crippen LogP contribution in [0.25, 0.3) is 0 Å². The van der Waals surface area contributed by atoms with Crippen LogP contribution >= 0.6 is 11.6 Å². The van der Waals surface area contributed by atoms with Crippen molar-refractivity contribution in [2.24, 2.45) is 0 Å². The highest BCUT2D eigenvalue weighted by molar-refractivity contribution is 7.89. The highest BCUT2D eigenvalue weighted by Gasteiger charge is 2.15. The fraction of sp³-hybridized carbons (Fsp3) is 0.158. The molecular weight excluding hydrogens is 412 g/mol. The molecule has 8 nitrogen and oxygen atoms in total. The molecule has 1 aromatic heterocycles. The van der Waals surface area contributed by atoms with Crippen LogP contribution in [0.15, 0.2) is 59.8 Å². The Balaban J connectivity index is 1.90. The summed E-state index contributed by atoms with van der Waals surface area (Å²) >= 11 is 5.91. The molecule has 0 amide bonds. The van der Waals surface area contributed by atoms with Gasteiger partial charge in [-0.05, 0) is 49.5 Å². The van der Waals surface area contributed by atoms with E-state index < -0.39 is 10.0 Å². The van der Waals surface area contributed by atoms with Crippen LogP contribution < -0.4 is 20.3 Å². The molecule has 0 aliphatic rings. The third-order valence-electron chi connectivity index (χ3n) is 4.08. The summed E-state index contributed by atoms with van der Waals surface area (Å²) in [6.07, 6.45) is 1.42. The second kappa shape index (κ2) is 8.64. The quantitative estimate of drug-likeness (QED) is 0.524. The van der Waals surface area contributed by atoms with Gasteiger partial charge < -0.3 is 15.5 Å². The number of nitrogens with one attached hydrogen (secondary N) is 3. The van der Waals surface area contributed by atoms with Gasteiger partial charge in [0.2, 0.25) is 10.0 Å². The summed E-state index contributed by atoms with van der Waals surface area (Å²) in [5.41, 5.74) is 2.24. The molecule has 0 spiro atoms. The highest BCUT2D eigenvalue weighted by atomic mass is 35.5. The number of nitrogens with zero attached hydrogens (tertiary/aromatic N) is 3. The summed E-state index contributed by atoms with van der Waals surface area (Å²) in [6, 6.07) is 13.8. The Morgan fingerprint density at radius 2 is 1.59 bits per heavy atom. The number of sulfonamides is 1. The first-order chi connectivity index (χ1) is 13.8. The molecule has 3 N–H and O–H groups in total. The molecule has 10 heteroatoms. The van der Waals surface area contributed by atoms with Crippen molar-refractivity contribution in [1.82, 2.24) is 14.7 Å². The molecule has 3 aromatic rings. The Labute approximate surface area is 175 Å². The lowest BCUT2D eigenvalue weighted by atomic mass is 10.2. The van der Waals surface area contributed by atoms with E-state index in [-0.39, 0.29) is 4.90 Å². The lowest BCUT2D eigenvalue weighted by molar-refractivity contribution is 0.588. The molecule has 0 atom stereocenters. The summed E-state index contributed by atoms with van der Waals surface area (Å²) in [4.78, 5) is 10.5.